The van der Waals surface area contributed by atoms with Crippen molar-refractivity contribution in [2.45, 2.75) is 46.0 Å². The van der Waals surface area contributed by atoms with Crippen LogP contribution in [0.4, 0.5) is 0 Å². The van der Waals surface area contributed by atoms with Crippen LogP contribution in [0.2, 0.25) is 0 Å². The summed E-state index contributed by atoms with van der Waals surface area (Å²) in [5, 5.41) is 7.00. The molecule has 1 aromatic heterocycles. The number of likely N-dealkylation sites (tertiary alicyclic amines) is 1. The number of aromatic nitrogens is 1. The molecule has 7 heteroatoms. The lowest BCUT2D eigenvalue weighted by atomic mass is 10.1. The van der Waals surface area contributed by atoms with Crippen molar-refractivity contribution in [1.82, 2.24) is 20.5 Å². The van der Waals surface area contributed by atoms with E-state index in [9.17, 15) is 0 Å². The molecular formula is C23H34IN5O. The van der Waals surface area contributed by atoms with Crippen LogP contribution in [0.15, 0.2) is 53.7 Å². The topological polar surface area (TPSA) is 61.8 Å². The quantitative estimate of drug-likeness (QED) is 0.330. The van der Waals surface area contributed by atoms with Gasteiger partial charge < -0.3 is 15.4 Å². The van der Waals surface area contributed by atoms with E-state index in [-0.39, 0.29) is 24.0 Å². The summed E-state index contributed by atoms with van der Waals surface area (Å²) in [7, 11) is 1.81. The number of nitrogens with one attached hydrogen (secondary N) is 2. The van der Waals surface area contributed by atoms with Crippen LogP contribution in [0.1, 0.15) is 31.9 Å². The van der Waals surface area contributed by atoms with Crippen molar-refractivity contribution in [1.29, 1.82) is 0 Å². The summed E-state index contributed by atoms with van der Waals surface area (Å²) in [6.07, 6.45) is 1.76. The third-order valence-corrected chi connectivity index (χ3v) is 5.43. The van der Waals surface area contributed by atoms with E-state index >= 15 is 0 Å². The van der Waals surface area contributed by atoms with Crippen molar-refractivity contribution in [2.75, 3.05) is 20.1 Å². The maximum atomic E-state index is 5.96. The Morgan fingerprint density at radius 2 is 1.97 bits per heavy atom. The molecule has 164 valence electrons. The molecule has 2 heterocycles. The molecule has 0 saturated carbocycles. The van der Waals surface area contributed by atoms with Gasteiger partial charge in [-0.1, -0.05) is 43.3 Å². The van der Waals surface area contributed by atoms with E-state index in [1.54, 1.807) is 6.20 Å². The van der Waals surface area contributed by atoms with Crippen molar-refractivity contribution in [3.8, 4) is 5.88 Å². The molecule has 6 nitrogen and oxygen atoms in total. The first-order valence-electron chi connectivity index (χ1n) is 10.4. The van der Waals surface area contributed by atoms with Crippen LogP contribution in [-0.2, 0) is 13.2 Å². The highest BCUT2D eigenvalue weighted by Gasteiger charge is 2.31. The van der Waals surface area contributed by atoms with Crippen molar-refractivity contribution >= 4 is 29.9 Å². The third-order valence-electron chi connectivity index (χ3n) is 5.43. The molecule has 0 aliphatic carbocycles. The predicted molar refractivity (Wildman–Crippen MR) is 133 cm³/mol. The van der Waals surface area contributed by atoms with Gasteiger partial charge in [0.1, 0.15) is 6.61 Å². The fourth-order valence-electron chi connectivity index (χ4n) is 3.58. The Hall–Kier alpha value is -1.87. The fraction of sp³-hybridized carbons (Fsp3) is 0.478. The summed E-state index contributed by atoms with van der Waals surface area (Å²) in [5.74, 6) is 2.05. The number of pyridine rings is 1. The Morgan fingerprint density at radius 3 is 2.63 bits per heavy atom. The molecule has 1 aliphatic rings. The molecule has 1 aliphatic heterocycles. The summed E-state index contributed by atoms with van der Waals surface area (Å²) < 4.78 is 5.96. The predicted octanol–water partition coefficient (Wildman–Crippen LogP) is 3.67. The molecule has 0 amide bonds. The first kappa shape index (κ1) is 24.4. The standard InChI is InChI=1S/C23H33N5O.HI/c1-17(2)28-14-18(3)21(15-28)27-23(24-4)26-13-20-11-8-12-25-22(20)29-16-19-9-6-5-7-10-19;/h5-12,17-18,21H,13-16H2,1-4H3,(H2,24,26,27);1H. The van der Waals surface area contributed by atoms with Crippen LogP contribution < -0.4 is 15.4 Å². The minimum atomic E-state index is 0. The molecule has 30 heavy (non-hydrogen) atoms. The average Bonchev–Trinajstić information content (AvgIpc) is 3.11. The van der Waals surface area contributed by atoms with Gasteiger partial charge in [-0.25, -0.2) is 4.98 Å². The minimum absolute atomic E-state index is 0. The smallest absolute Gasteiger partial charge is 0.218 e. The van der Waals surface area contributed by atoms with E-state index in [2.05, 4.69) is 58.4 Å². The molecule has 0 bridgehead atoms. The highest BCUT2D eigenvalue weighted by molar-refractivity contribution is 14.0. The van der Waals surface area contributed by atoms with Gasteiger partial charge in [-0.05, 0) is 31.4 Å². The van der Waals surface area contributed by atoms with Crippen molar-refractivity contribution in [2.24, 2.45) is 10.9 Å². The van der Waals surface area contributed by atoms with E-state index < -0.39 is 0 Å². The Balaban J connectivity index is 0.00000320. The summed E-state index contributed by atoms with van der Waals surface area (Å²) >= 11 is 0. The zero-order chi connectivity index (χ0) is 20.6. The minimum Gasteiger partial charge on any atom is -0.473 e. The molecule has 1 aromatic carbocycles. The number of nitrogens with zero attached hydrogens (tertiary/aromatic N) is 3. The van der Waals surface area contributed by atoms with Crippen molar-refractivity contribution < 1.29 is 4.74 Å². The fourth-order valence-corrected chi connectivity index (χ4v) is 3.58. The lowest BCUT2D eigenvalue weighted by Crippen LogP contribution is -2.46. The zero-order valence-corrected chi connectivity index (χ0v) is 20.7. The van der Waals surface area contributed by atoms with E-state index in [0.717, 1.165) is 30.2 Å². The molecule has 1 saturated heterocycles. The summed E-state index contributed by atoms with van der Waals surface area (Å²) in [4.78, 5) is 11.3. The molecule has 2 aromatic rings. The number of halogens is 1. The van der Waals surface area contributed by atoms with Crippen LogP contribution in [0.3, 0.4) is 0 Å². The van der Waals surface area contributed by atoms with Gasteiger partial charge in [0.05, 0.1) is 0 Å². The molecule has 2 N–H and O–H groups in total. The second-order valence-corrected chi connectivity index (χ2v) is 7.94. The Labute approximate surface area is 197 Å². The lowest BCUT2D eigenvalue weighted by molar-refractivity contribution is 0.265. The van der Waals surface area contributed by atoms with Gasteiger partial charge in [-0.3, -0.25) is 9.89 Å². The van der Waals surface area contributed by atoms with Crippen LogP contribution in [0.5, 0.6) is 5.88 Å². The highest BCUT2D eigenvalue weighted by Crippen LogP contribution is 2.19. The number of rotatable bonds is 7. The van der Waals surface area contributed by atoms with E-state index in [4.69, 9.17) is 4.74 Å². The Bertz CT molecular complexity index is 799. The highest BCUT2D eigenvalue weighted by atomic mass is 127. The molecule has 3 rings (SSSR count). The summed E-state index contributed by atoms with van der Waals surface area (Å²) in [6, 6.07) is 15.1. The second kappa shape index (κ2) is 12.1. The van der Waals surface area contributed by atoms with Gasteiger partial charge >= 0.3 is 0 Å². The van der Waals surface area contributed by atoms with Crippen molar-refractivity contribution in [3.05, 3.63) is 59.8 Å². The van der Waals surface area contributed by atoms with Gasteiger partial charge in [0.2, 0.25) is 5.88 Å². The second-order valence-electron chi connectivity index (χ2n) is 7.94. The molecule has 1 fully saturated rings. The molecule has 0 radical (unpaired) electrons. The van der Waals surface area contributed by atoms with Gasteiger partial charge in [0.25, 0.3) is 0 Å². The Morgan fingerprint density at radius 1 is 1.20 bits per heavy atom. The maximum Gasteiger partial charge on any atom is 0.218 e. The van der Waals surface area contributed by atoms with Crippen molar-refractivity contribution in [3.63, 3.8) is 0 Å². The zero-order valence-electron chi connectivity index (χ0n) is 18.3. The first-order chi connectivity index (χ1) is 14.1. The first-order valence-corrected chi connectivity index (χ1v) is 10.4. The van der Waals surface area contributed by atoms with E-state index in [1.807, 2.05) is 37.4 Å². The maximum absolute atomic E-state index is 5.96. The van der Waals surface area contributed by atoms with Gasteiger partial charge in [0.15, 0.2) is 5.96 Å². The monoisotopic (exact) mass is 523 g/mol. The average molecular weight is 523 g/mol. The number of benzene rings is 1. The third kappa shape index (κ3) is 6.84. The lowest BCUT2D eigenvalue weighted by Gasteiger charge is -2.22. The molecular weight excluding hydrogens is 489 g/mol. The molecule has 2 atom stereocenters. The van der Waals surface area contributed by atoms with Gasteiger partial charge in [-0.2, -0.15) is 0 Å². The van der Waals surface area contributed by atoms with Crippen LogP contribution in [0.25, 0.3) is 0 Å². The normalized spacial score (nSPS) is 19.4. The number of hydrogen-bond acceptors (Lipinski definition) is 4. The number of aliphatic imine (C=N–C) groups is 1. The Kier molecular flexibility index (Phi) is 9.84. The summed E-state index contributed by atoms with van der Waals surface area (Å²) in [5.41, 5.74) is 2.13. The number of hydrogen-bond donors (Lipinski definition) is 2. The van der Waals surface area contributed by atoms with E-state index in [0.29, 0.717) is 37.0 Å². The largest absolute Gasteiger partial charge is 0.473 e. The number of ether oxygens (including phenoxy) is 1. The van der Waals surface area contributed by atoms with Crippen LogP contribution >= 0.6 is 24.0 Å². The molecule has 0 spiro atoms. The number of guanidine groups is 1. The van der Waals surface area contributed by atoms with Gasteiger partial charge in [0, 0.05) is 50.5 Å². The van der Waals surface area contributed by atoms with Crippen LogP contribution in [0, 0.1) is 5.92 Å². The van der Waals surface area contributed by atoms with Gasteiger partial charge in [-0.15, -0.1) is 24.0 Å². The van der Waals surface area contributed by atoms with E-state index in [1.165, 1.54) is 0 Å². The summed E-state index contributed by atoms with van der Waals surface area (Å²) in [6.45, 7) is 10.1. The van der Waals surface area contributed by atoms with Crippen LogP contribution in [-0.4, -0.2) is 48.1 Å². The molecule has 2 unspecified atom stereocenters. The SMILES string of the molecule is CN=C(NCc1cccnc1OCc1ccccc1)NC1CN(C(C)C)CC1C.I.